The molecular formula is C7H12N4. The molecule has 1 aliphatic rings. The molecule has 60 valence electrons. The Bertz CT molecular complexity index is 199. The minimum atomic E-state index is 0.0251. The lowest BCUT2D eigenvalue weighted by Gasteiger charge is -2.06. The summed E-state index contributed by atoms with van der Waals surface area (Å²) in [6, 6.07) is 2.25. The van der Waals surface area contributed by atoms with Gasteiger partial charge in [-0.2, -0.15) is 5.26 Å². The van der Waals surface area contributed by atoms with Gasteiger partial charge in [0.1, 0.15) is 0 Å². The van der Waals surface area contributed by atoms with E-state index in [4.69, 9.17) is 16.7 Å². The predicted octanol–water partition coefficient (Wildman–Crippen LogP) is -0.0479. The van der Waals surface area contributed by atoms with Gasteiger partial charge >= 0.3 is 0 Å². The molecule has 0 saturated heterocycles. The predicted molar refractivity (Wildman–Crippen MR) is 42.6 cm³/mol. The van der Waals surface area contributed by atoms with Crippen LogP contribution < -0.4 is 11.5 Å². The molecule has 2 atom stereocenters. The monoisotopic (exact) mass is 152 g/mol. The van der Waals surface area contributed by atoms with Gasteiger partial charge in [-0.25, -0.2) is 4.99 Å². The maximum absolute atomic E-state index is 8.65. The first-order chi connectivity index (χ1) is 5.24. The number of hydrogen-bond donors (Lipinski definition) is 2. The van der Waals surface area contributed by atoms with Gasteiger partial charge in [0.2, 0.25) is 0 Å². The molecule has 4 N–H and O–H groups in total. The Morgan fingerprint density at radius 2 is 2.18 bits per heavy atom. The molecule has 1 saturated carbocycles. The smallest absolute Gasteiger partial charge is 0.186 e. The van der Waals surface area contributed by atoms with E-state index < -0.39 is 0 Å². The summed E-state index contributed by atoms with van der Waals surface area (Å²) in [5.41, 5.74) is 10.4. The van der Waals surface area contributed by atoms with Crippen LogP contribution >= 0.6 is 0 Å². The third-order valence-electron chi connectivity index (χ3n) is 1.96. The van der Waals surface area contributed by atoms with Crippen molar-refractivity contribution in [3.8, 4) is 6.07 Å². The molecule has 0 radical (unpaired) electrons. The lowest BCUT2D eigenvalue weighted by molar-refractivity contribution is 0.595. The Hall–Kier alpha value is -1.24. The summed E-state index contributed by atoms with van der Waals surface area (Å²) in [7, 11) is 0. The summed E-state index contributed by atoms with van der Waals surface area (Å²) in [6.45, 7) is 0. The van der Waals surface area contributed by atoms with Crippen molar-refractivity contribution in [2.75, 3.05) is 0 Å². The van der Waals surface area contributed by atoms with E-state index in [0.29, 0.717) is 0 Å². The number of hydrogen-bond acceptors (Lipinski definition) is 2. The zero-order valence-corrected chi connectivity index (χ0v) is 6.33. The maximum atomic E-state index is 8.65. The molecule has 1 rings (SSSR count). The molecule has 0 heterocycles. The topological polar surface area (TPSA) is 88.2 Å². The van der Waals surface area contributed by atoms with Crippen molar-refractivity contribution < 1.29 is 0 Å². The molecule has 4 heteroatoms. The van der Waals surface area contributed by atoms with Crippen LogP contribution in [0.1, 0.15) is 19.3 Å². The highest BCUT2D eigenvalue weighted by molar-refractivity contribution is 5.75. The van der Waals surface area contributed by atoms with E-state index in [9.17, 15) is 0 Å². The van der Waals surface area contributed by atoms with Crippen molar-refractivity contribution in [1.29, 1.82) is 5.26 Å². The third-order valence-corrected chi connectivity index (χ3v) is 1.96. The Morgan fingerprint density at radius 3 is 2.73 bits per heavy atom. The summed E-state index contributed by atoms with van der Waals surface area (Å²) in [5.74, 6) is 0.120. The van der Waals surface area contributed by atoms with E-state index >= 15 is 0 Å². The van der Waals surface area contributed by atoms with E-state index in [1.807, 2.05) is 0 Å². The van der Waals surface area contributed by atoms with Crippen molar-refractivity contribution in [3.05, 3.63) is 0 Å². The molecule has 2 unspecified atom stereocenters. The van der Waals surface area contributed by atoms with Gasteiger partial charge in [0.05, 0.1) is 18.0 Å². The van der Waals surface area contributed by atoms with Gasteiger partial charge in [0.25, 0.3) is 0 Å². The van der Waals surface area contributed by atoms with Crippen molar-refractivity contribution in [2.24, 2.45) is 22.4 Å². The lowest BCUT2D eigenvalue weighted by atomic mass is 10.1. The van der Waals surface area contributed by atoms with Crippen LogP contribution in [-0.4, -0.2) is 12.0 Å². The van der Waals surface area contributed by atoms with E-state index in [0.717, 1.165) is 19.3 Å². The standard InChI is InChI=1S/C7H12N4/c8-4-5-2-1-3-6(5)11-7(9)10/h5-6H,1-3H2,(H4,9,10,11). The molecule has 1 fully saturated rings. The normalized spacial score (nSPS) is 29.4. The second-order valence-corrected chi connectivity index (χ2v) is 2.79. The number of nitriles is 1. The minimum absolute atomic E-state index is 0.0251. The Labute approximate surface area is 65.9 Å². The largest absolute Gasteiger partial charge is 0.370 e. The molecule has 0 aliphatic heterocycles. The summed E-state index contributed by atoms with van der Waals surface area (Å²) < 4.78 is 0. The van der Waals surface area contributed by atoms with Gasteiger partial charge < -0.3 is 11.5 Å². The molecule has 1 aliphatic carbocycles. The van der Waals surface area contributed by atoms with Gasteiger partial charge in [-0.3, -0.25) is 0 Å². The molecule has 0 amide bonds. The molecule has 11 heavy (non-hydrogen) atoms. The van der Waals surface area contributed by atoms with Crippen molar-refractivity contribution in [1.82, 2.24) is 0 Å². The first kappa shape index (κ1) is 7.86. The average molecular weight is 152 g/mol. The molecule has 0 aromatic carbocycles. The fourth-order valence-corrected chi connectivity index (χ4v) is 1.44. The van der Waals surface area contributed by atoms with E-state index in [2.05, 4.69) is 11.1 Å². The van der Waals surface area contributed by atoms with Gasteiger partial charge in [0, 0.05) is 0 Å². The van der Waals surface area contributed by atoms with Crippen molar-refractivity contribution >= 4 is 5.96 Å². The average Bonchev–Trinajstić information content (AvgIpc) is 2.34. The van der Waals surface area contributed by atoms with Crippen LogP contribution in [0.4, 0.5) is 0 Å². The fraction of sp³-hybridized carbons (Fsp3) is 0.714. The quantitative estimate of drug-likeness (QED) is 0.408. The van der Waals surface area contributed by atoms with Gasteiger partial charge in [-0.05, 0) is 19.3 Å². The molecule has 0 spiro atoms. The van der Waals surface area contributed by atoms with Crippen LogP contribution in [-0.2, 0) is 0 Å². The first-order valence-corrected chi connectivity index (χ1v) is 3.72. The van der Waals surface area contributed by atoms with Gasteiger partial charge in [-0.15, -0.1) is 0 Å². The van der Waals surface area contributed by atoms with E-state index in [1.54, 1.807) is 0 Å². The first-order valence-electron chi connectivity index (χ1n) is 3.72. The highest BCUT2D eigenvalue weighted by Crippen LogP contribution is 2.27. The summed E-state index contributed by atoms with van der Waals surface area (Å²) in [6.07, 6.45) is 2.92. The van der Waals surface area contributed by atoms with Crippen LogP contribution in [0.25, 0.3) is 0 Å². The van der Waals surface area contributed by atoms with Crippen LogP contribution in [0.15, 0.2) is 4.99 Å². The number of rotatable bonds is 1. The lowest BCUT2D eigenvalue weighted by Crippen LogP contribution is -2.26. The van der Waals surface area contributed by atoms with E-state index in [1.165, 1.54) is 0 Å². The SMILES string of the molecule is N#CC1CCCC1N=C(N)N. The van der Waals surface area contributed by atoms with Crippen LogP contribution in [0, 0.1) is 17.2 Å². The molecular weight excluding hydrogens is 140 g/mol. The highest BCUT2D eigenvalue weighted by Gasteiger charge is 2.26. The van der Waals surface area contributed by atoms with Gasteiger partial charge in [-0.1, -0.05) is 0 Å². The Kier molecular flexibility index (Phi) is 2.32. The number of nitrogens with zero attached hydrogens (tertiary/aromatic N) is 2. The fourth-order valence-electron chi connectivity index (χ4n) is 1.44. The number of aliphatic imine (C=N–C) groups is 1. The summed E-state index contributed by atoms with van der Waals surface area (Å²) in [4.78, 5) is 3.98. The van der Waals surface area contributed by atoms with Crippen molar-refractivity contribution in [3.63, 3.8) is 0 Å². The molecule has 0 bridgehead atoms. The summed E-state index contributed by atoms with van der Waals surface area (Å²) in [5, 5.41) is 8.65. The van der Waals surface area contributed by atoms with Gasteiger partial charge in [0.15, 0.2) is 5.96 Å². The molecule has 0 aromatic heterocycles. The highest BCUT2D eigenvalue weighted by atomic mass is 15.0. The number of guanidine groups is 1. The molecule has 4 nitrogen and oxygen atoms in total. The third kappa shape index (κ3) is 1.84. The van der Waals surface area contributed by atoms with Crippen LogP contribution in [0.2, 0.25) is 0 Å². The zero-order valence-electron chi connectivity index (χ0n) is 6.33. The number of nitrogens with two attached hydrogens (primary N) is 2. The van der Waals surface area contributed by atoms with Crippen molar-refractivity contribution in [2.45, 2.75) is 25.3 Å². The zero-order chi connectivity index (χ0) is 8.27. The van der Waals surface area contributed by atoms with Crippen LogP contribution in [0.3, 0.4) is 0 Å². The Morgan fingerprint density at radius 1 is 1.45 bits per heavy atom. The maximum Gasteiger partial charge on any atom is 0.186 e. The molecule has 0 aromatic rings. The van der Waals surface area contributed by atoms with Crippen LogP contribution in [0.5, 0.6) is 0 Å². The minimum Gasteiger partial charge on any atom is -0.370 e. The second-order valence-electron chi connectivity index (χ2n) is 2.79. The summed E-state index contributed by atoms with van der Waals surface area (Å²) >= 11 is 0. The van der Waals surface area contributed by atoms with E-state index in [-0.39, 0.29) is 17.9 Å². The second kappa shape index (κ2) is 3.24. The Balaban J connectivity index is 2.59.